The molecule has 2 nitrogen and oxygen atoms in total. The smallest absolute Gasteiger partial charge is 0.309 e. The lowest BCUT2D eigenvalue weighted by molar-refractivity contribution is -0.139. The van der Waals surface area contributed by atoms with Crippen LogP contribution in [0.1, 0.15) is 12.0 Å². The highest BCUT2D eigenvalue weighted by atomic mass is 32.2. The van der Waals surface area contributed by atoms with Gasteiger partial charge in [-0.25, -0.2) is 0 Å². The predicted molar refractivity (Wildman–Crippen MR) is 63.9 cm³/mol. The normalized spacial score (nSPS) is 10.5. The van der Waals surface area contributed by atoms with Crippen LogP contribution in [0.25, 0.3) is 6.08 Å². The number of methoxy groups -OCH3 is 1. The molecule has 0 aliphatic rings. The Kier molecular flexibility index (Phi) is 4.98. The summed E-state index contributed by atoms with van der Waals surface area (Å²) in [7, 11) is 1.39. The minimum absolute atomic E-state index is 0.215. The van der Waals surface area contributed by atoms with Gasteiger partial charge < -0.3 is 4.74 Å². The van der Waals surface area contributed by atoms with Gasteiger partial charge in [0.1, 0.15) is 0 Å². The number of esters is 1. The summed E-state index contributed by atoms with van der Waals surface area (Å²) in [6.45, 7) is 0. The van der Waals surface area contributed by atoms with E-state index >= 15 is 0 Å². The molecule has 0 aliphatic carbocycles. The summed E-state index contributed by atoms with van der Waals surface area (Å²) in [5.41, 5.74) is 1.13. The third-order valence-corrected chi connectivity index (χ3v) is 2.76. The molecule has 15 heavy (non-hydrogen) atoms. The van der Waals surface area contributed by atoms with Crippen molar-refractivity contribution in [2.24, 2.45) is 0 Å². The third kappa shape index (κ3) is 3.80. The van der Waals surface area contributed by atoms with Gasteiger partial charge in [0.2, 0.25) is 0 Å². The lowest BCUT2D eigenvalue weighted by atomic mass is 10.2. The van der Waals surface area contributed by atoms with Crippen molar-refractivity contribution in [1.29, 1.82) is 0 Å². The molecule has 1 aromatic carbocycles. The van der Waals surface area contributed by atoms with E-state index in [-0.39, 0.29) is 5.97 Å². The molecule has 0 heterocycles. The van der Waals surface area contributed by atoms with Crippen LogP contribution >= 0.6 is 11.8 Å². The van der Waals surface area contributed by atoms with E-state index < -0.39 is 0 Å². The van der Waals surface area contributed by atoms with Crippen molar-refractivity contribution in [3.63, 3.8) is 0 Å². The molecule has 1 aromatic rings. The molecule has 80 valence electrons. The Morgan fingerprint density at radius 2 is 2.20 bits per heavy atom. The number of rotatable bonds is 4. The fourth-order valence-electron chi connectivity index (χ4n) is 1.17. The lowest BCUT2D eigenvalue weighted by Crippen LogP contribution is -1.96. The summed E-state index contributed by atoms with van der Waals surface area (Å²) >= 11 is 1.69. The summed E-state index contributed by atoms with van der Waals surface area (Å²) in [4.78, 5) is 12.1. The van der Waals surface area contributed by atoms with Crippen molar-refractivity contribution in [3.8, 4) is 0 Å². The van der Waals surface area contributed by atoms with Gasteiger partial charge in [-0.05, 0) is 17.9 Å². The van der Waals surface area contributed by atoms with Crippen molar-refractivity contribution < 1.29 is 9.53 Å². The molecule has 0 atom stereocenters. The molecular weight excluding hydrogens is 208 g/mol. The van der Waals surface area contributed by atoms with Gasteiger partial charge in [-0.3, -0.25) is 4.79 Å². The lowest BCUT2D eigenvalue weighted by Gasteiger charge is -2.00. The summed E-state index contributed by atoms with van der Waals surface area (Å²) in [6.07, 6.45) is 6.12. The number of hydrogen-bond acceptors (Lipinski definition) is 3. The van der Waals surface area contributed by atoms with Crippen molar-refractivity contribution >= 4 is 23.8 Å². The van der Waals surface area contributed by atoms with Crippen LogP contribution in [0.5, 0.6) is 0 Å². The molecule has 0 saturated carbocycles. The standard InChI is InChI=1S/C12H14O2S/c1-14-12(13)9-5-7-10-6-3-4-8-11(10)15-2/h3-8H,9H2,1-2H3. The molecule has 0 bridgehead atoms. The number of carbonyl (C=O) groups excluding carboxylic acids is 1. The van der Waals surface area contributed by atoms with E-state index in [1.54, 1.807) is 11.8 Å². The Morgan fingerprint density at radius 3 is 2.87 bits per heavy atom. The summed E-state index contributed by atoms with van der Waals surface area (Å²) in [5, 5.41) is 0. The highest BCUT2D eigenvalue weighted by Gasteiger charge is 1.97. The highest BCUT2D eigenvalue weighted by molar-refractivity contribution is 7.98. The Morgan fingerprint density at radius 1 is 1.47 bits per heavy atom. The monoisotopic (exact) mass is 222 g/mol. The molecule has 0 aliphatic heterocycles. The first-order chi connectivity index (χ1) is 7.27. The molecule has 1 rings (SSSR count). The number of benzene rings is 1. The second-order valence-corrected chi connectivity index (χ2v) is 3.77. The molecule has 0 saturated heterocycles. The molecule has 0 N–H and O–H groups in total. The van der Waals surface area contributed by atoms with Crippen molar-refractivity contribution in [1.82, 2.24) is 0 Å². The highest BCUT2D eigenvalue weighted by Crippen LogP contribution is 2.20. The Balaban J connectivity index is 2.67. The number of ether oxygens (including phenoxy) is 1. The van der Waals surface area contributed by atoms with Crippen molar-refractivity contribution in [3.05, 3.63) is 35.9 Å². The fraction of sp³-hybridized carbons (Fsp3) is 0.250. The topological polar surface area (TPSA) is 26.3 Å². The van der Waals surface area contributed by atoms with Gasteiger partial charge in [0.15, 0.2) is 0 Å². The molecule has 0 aromatic heterocycles. The first kappa shape index (κ1) is 11.9. The van der Waals surface area contributed by atoms with E-state index in [1.165, 1.54) is 12.0 Å². The summed E-state index contributed by atoms with van der Waals surface area (Å²) in [6, 6.07) is 8.07. The minimum atomic E-state index is -0.215. The van der Waals surface area contributed by atoms with Gasteiger partial charge in [-0.2, -0.15) is 0 Å². The summed E-state index contributed by atoms with van der Waals surface area (Å²) < 4.78 is 4.55. The number of thioether (sulfide) groups is 1. The molecule has 3 heteroatoms. The van der Waals surface area contributed by atoms with Crippen molar-refractivity contribution in [2.75, 3.05) is 13.4 Å². The molecular formula is C12H14O2S. The average molecular weight is 222 g/mol. The van der Waals surface area contributed by atoms with Crippen LogP contribution in [0.3, 0.4) is 0 Å². The van der Waals surface area contributed by atoms with E-state index in [1.807, 2.05) is 36.6 Å². The van der Waals surface area contributed by atoms with E-state index in [0.29, 0.717) is 6.42 Å². The molecule has 0 spiro atoms. The van der Waals surface area contributed by atoms with E-state index in [4.69, 9.17) is 0 Å². The predicted octanol–water partition coefficient (Wildman–Crippen LogP) is 2.98. The van der Waals surface area contributed by atoms with Gasteiger partial charge in [0.25, 0.3) is 0 Å². The molecule has 0 unspecified atom stereocenters. The van der Waals surface area contributed by atoms with E-state index in [2.05, 4.69) is 10.8 Å². The fourth-order valence-corrected chi connectivity index (χ4v) is 1.76. The molecule has 0 amide bonds. The van der Waals surface area contributed by atoms with E-state index in [9.17, 15) is 4.79 Å². The van der Waals surface area contributed by atoms with Crippen molar-refractivity contribution in [2.45, 2.75) is 11.3 Å². The second kappa shape index (κ2) is 6.30. The average Bonchev–Trinajstić information content (AvgIpc) is 2.29. The largest absolute Gasteiger partial charge is 0.469 e. The van der Waals surface area contributed by atoms with Gasteiger partial charge >= 0.3 is 5.97 Å². The first-order valence-electron chi connectivity index (χ1n) is 4.64. The first-order valence-corrected chi connectivity index (χ1v) is 5.86. The Labute approximate surface area is 94.3 Å². The van der Waals surface area contributed by atoms with Crippen LogP contribution in [0.2, 0.25) is 0 Å². The van der Waals surface area contributed by atoms with Gasteiger partial charge in [0.05, 0.1) is 13.5 Å². The maximum Gasteiger partial charge on any atom is 0.309 e. The Bertz CT molecular complexity index is 358. The van der Waals surface area contributed by atoms with Crippen LogP contribution in [-0.4, -0.2) is 19.3 Å². The van der Waals surface area contributed by atoms with Crippen LogP contribution in [-0.2, 0) is 9.53 Å². The third-order valence-electron chi connectivity index (χ3n) is 1.95. The number of carbonyl (C=O) groups is 1. The van der Waals surface area contributed by atoms with Crippen LogP contribution in [0.15, 0.2) is 35.2 Å². The van der Waals surface area contributed by atoms with Crippen LogP contribution < -0.4 is 0 Å². The maximum absolute atomic E-state index is 10.9. The Hall–Kier alpha value is -1.22. The molecule has 0 fully saturated rings. The van der Waals surface area contributed by atoms with Crippen LogP contribution in [0.4, 0.5) is 0 Å². The zero-order valence-corrected chi connectivity index (χ0v) is 9.71. The zero-order valence-electron chi connectivity index (χ0n) is 8.90. The maximum atomic E-state index is 10.9. The van der Waals surface area contributed by atoms with Gasteiger partial charge in [-0.1, -0.05) is 30.4 Å². The zero-order chi connectivity index (χ0) is 11.1. The summed E-state index contributed by atoms with van der Waals surface area (Å²) in [5.74, 6) is -0.215. The quantitative estimate of drug-likeness (QED) is 0.578. The van der Waals surface area contributed by atoms with Crippen LogP contribution in [0, 0.1) is 0 Å². The van der Waals surface area contributed by atoms with Gasteiger partial charge in [-0.15, -0.1) is 11.8 Å². The van der Waals surface area contributed by atoms with E-state index in [0.717, 1.165) is 5.56 Å². The second-order valence-electron chi connectivity index (χ2n) is 2.92. The number of hydrogen-bond donors (Lipinski definition) is 0. The van der Waals surface area contributed by atoms with Gasteiger partial charge in [0, 0.05) is 4.90 Å². The minimum Gasteiger partial charge on any atom is -0.469 e. The molecule has 0 radical (unpaired) electrons. The SMILES string of the molecule is COC(=O)CC=Cc1ccccc1SC.